The Morgan fingerprint density at radius 3 is 2.12 bits per heavy atom. The third kappa shape index (κ3) is 3.58. The van der Waals surface area contributed by atoms with E-state index in [-0.39, 0.29) is 11.8 Å². The summed E-state index contributed by atoms with van der Waals surface area (Å²) in [5.41, 5.74) is 1.02. The smallest absolute Gasteiger partial charge is 0.255 e. The van der Waals surface area contributed by atoms with Crippen LogP contribution in [0, 0.1) is 9.39 Å². The number of halogens is 2. The van der Waals surface area contributed by atoms with Crippen molar-refractivity contribution in [1.29, 1.82) is 0 Å². The van der Waals surface area contributed by atoms with Gasteiger partial charge >= 0.3 is 0 Å². The van der Waals surface area contributed by atoms with Gasteiger partial charge in [0, 0.05) is 35.3 Å². The molecule has 6 heteroatoms. The first-order chi connectivity index (χ1) is 11.6. The van der Waals surface area contributed by atoms with E-state index in [1.165, 1.54) is 18.2 Å². The molecule has 1 fully saturated rings. The molecule has 1 aliphatic heterocycles. The third-order valence-corrected chi connectivity index (χ3v) is 4.97. The summed E-state index contributed by atoms with van der Waals surface area (Å²) in [4.78, 5) is 28.4. The fourth-order valence-corrected chi connectivity index (χ4v) is 3.34. The summed E-state index contributed by atoms with van der Waals surface area (Å²) < 4.78 is 14.2. The summed E-state index contributed by atoms with van der Waals surface area (Å²) >= 11 is 2.15. The summed E-state index contributed by atoms with van der Waals surface area (Å²) in [6.45, 7) is 1.85. The van der Waals surface area contributed by atoms with Crippen LogP contribution in [0.5, 0.6) is 0 Å². The summed E-state index contributed by atoms with van der Waals surface area (Å²) in [7, 11) is 0. The Morgan fingerprint density at radius 2 is 1.50 bits per heavy atom. The van der Waals surface area contributed by atoms with Gasteiger partial charge in [0.25, 0.3) is 11.8 Å². The lowest BCUT2D eigenvalue weighted by molar-refractivity contribution is 0.0534. The predicted octanol–water partition coefficient (Wildman–Crippen LogP) is 3.03. The summed E-state index contributed by atoms with van der Waals surface area (Å²) in [5.74, 6) is -0.637. The van der Waals surface area contributed by atoms with Crippen LogP contribution in [0.4, 0.5) is 4.39 Å². The molecule has 2 amide bonds. The van der Waals surface area contributed by atoms with Crippen molar-refractivity contribution in [2.45, 2.75) is 0 Å². The summed E-state index contributed by atoms with van der Waals surface area (Å²) in [5, 5.41) is 0. The van der Waals surface area contributed by atoms with Gasteiger partial charge in [0.15, 0.2) is 0 Å². The van der Waals surface area contributed by atoms with Crippen molar-refractivity contribution >= 4 is 34.4 Å². The van der Waals surface area contributed by atoms with E-state index in [1.54, 1.807) is 15.9 Å². The average molecular weight is 438 g/mol. The van der Waals surface area contributed by atoms with E-state index < -0.39 is 5.82 Å². The minimum atomic E-state index is -0.423. The highest BCUT2D eigenvalue weighted by molar-refractivity contribution is 14.1. The standard InChI is InChI=1S/C18H16FIN2O2/c19-14-5-3-4-13(12-14)17(23)21-8-10-22(11-9-21)18(24)15-6-1-2-7-16(15)20/h1-7,12H,8-11H2. The van der Waals surface area contributed by atoms with Gasteiger partial charge in [0.05, 0.1) is 5.56 Å². The summed E-state index contributed by atoms with van der Waals surface area (Å²) in [6, 6.07) is 13.1. The second kappa shape index (κ2) is 7.29. The Morgan fingerprint density at radius 1 is 0.875 bits per heavy atom. The molecule has 2 aromatic carbocycles. The van der Waals surface area contributed by atoms with Crippen LogP contribution in [0.15, 0.2) is 48.5 Å². The molecule has 0 radical (unpaired) electrons. The van der Waals surface area contributed by atoms with Crippen LogP contribution in [0.2, 0.25) is 0 Å². The number of amides is 2. The second-order valence-electron chi connectivity index (χ2n) is 5.57. The van der Waals surface area contributed by atoms with Gasteiger partial charge in [-0.05, 0) is 52.9 Å². The van der Waals surface area contributed by atoms with Crippen LogP contribution >= 0.6 is 22.6 Å². The fourth-order valence-electron chi connectivity index (χ4n) is 2.72. The van der Waals surface area contributed by atoms with E-state index in [2.05, 4.69) is 22.6 Å². The van der Waals surface area contributed by atoms with Crippen LogP contribution in [0.1, 0.15) is 20.7 Å². The molecule has 2 aromatic rings. The Balaban J connectivity index is 1.65. The number of nitrogens with zero attached hydrogens (tertiary/aromatic N) is 2. The van der Waals surface area contributed by atoms with Crippen molar-refractivity contribution in [3.8, 4) is 0 Å². The fraction of sp³-hybridized carbons (Fsp3) is 0.222. The number of carbonyl (C=O) groups is 2. The van der Waals surface area contributed by atoms with E-state index >= 15 is 0 Å². The SMILES string of the molecule is O=C(c1cccc(F)c1)N1CCN(C(=O)c2ccccc2I)CC1. The van der Waals surface area contributed by atoms with Crippen LogP contribution < -0.4 is 0 Å². The van der Waals surface area contributed by atoms with E-state index in [1.807, 2.05) is 24.3 Å². The van der Waals surface area contributed by atoms with Crippen LogP contribution in [0.3, 0.4) is 0 Å². The van der Waals surface area contributed by atoms with Crippen LogP contribution in [-0.4, -0.2) is 47.8 Å². The van der Waals surface area contributed by atoms with Gasteiger partial charge in [-0.3, -0.25) is 9.59 Å². The highest BCUT2D eigenvalue weighted by atomic mass is 127. The molecule has 0 bridgehead atoms. The maximum absolute atomic E-state index is 13.3. The third-order valence-electron chi connectivity index (χ3n) is 4.03. The minimum absolute atomic E-state index is 0.0159. The maximum Gasteiger partial charge on any atom is 0.255 e. The second-order valence-corrected chi connectivity index (χ2v) is 6.74. The van der Waals surface area contributed by atoms with E-state index in [4.69, 9.17) is 0 Å². The molecule has 0 aliphatic carbocycles. The van der Waals surface area contributed by atoms with Crippen LogP contribution in [-0.2, 0) is 0 Å². The maximum atomic E-state index is 13.3. The zero-order valence-corrected chi connectivity index (χ0v) is 15.1. The first kappa shape index (κ1) is 16.9. The number of hydrogen-bond donors (Lipinski definition) is 0. The Kier molecular flexibility index (Phi) is 5.13. The van der Waals surface area contributed by atoms with Gasteiger partial charge in [-0.25, -0.2) is 4.39 Å². The molecular weight excluding hydrogens is 422 g/mol. The van der Waals surface area contributed by atoms with Crippen molar-refractivity contribution in [1.82, 2.24) is 9.80 Å². The quantitative estimate of drug-likeness (QED) is 0.677. The van der Waals surface area contributed by atoms with Crippen LogP contribution in [0.25, 0.3) is 0 Å². The first-order valence-electron chi connectivity index (χ1n) is 7.65. The molecule has 0 aromatic heterocycles. The topological polar surface area (TPSA) is 40.6 Å². The molecule has 1 heterocycles. The lowest BCUT2D eigenvalue weighted by atomic mass is 10.1. The average Bonchev–Trinajstić information content (AvgIpc) is 2.61. The van der Waals surface area contributed by atoms with E-state index in [0.717, 1.165) is 3.57 Å². The van der Waals surface area contributed by atoms with E-state index in [0.29, 0.717) is 37.3 Å². The molecular formula is C18H16FIN2O2. The van der Waals surface area contributed by atoms with Gasteiger partial charge in [0.2, 0.25) is 0 Å². The van der Waals surface area contributed by atoms with E-state index in [9.17, 15) is 14.0 Å². The molecule has 0 saturated carbocycles. The number of piperazine rings is 1. The van der Waals surface area contributed by atoms with Gasteiger partial charge in [-0.1, -0.05) is 18.2 Å². The molecule has 1 saturated heterocycles. The van der Waals surface area contributed by atoms with Gasteiger partial charge in [0.1, 0.15) is 5.82 Å². The van der Waals surface area contributed by atoms with Crippen molar-refractivity contribution in [3.63, 3.8) is 0 Å². The van der Waals surface area contributed by atoms with Crippen molar-refractivity contribution in [2.75, 3.05) is 26.2 Å². The molecule has 0 N–H and O–H groups in total. The predicted molar refractivity (Wildman–Crippen MR) is 97.4 cm³/mol. The molecule has 4 nitrogen and oxygen atoms in total. The monoisotopic (exact) mass is 438 g/mol. The highest BCUT2D eigenvalue weighted by Gasteiger charge is 2.26. The number of carbonyl (C=O) groups excluding carboxylic acids is 2. The highest BCUT2D eigenvalue weighted by Crippen LogP contribution is 2.16. The number of rotatable bonds is 2. The molecule has 0 spiro atoms. The largest absolute Gasteiger partial charge is 0.335 e. The van der Waals surface area contributed by atoms with Gasteiger partial charge in [-0.15, -0.1) is 0 Å². The Labute approximate surface area is 153 Å². The minimum Gasteiger partial charge on any atom is -0.335 e. The molecule has 1 aliphatic rings. The van der Waals surface area contributed by atoms with Crippen molar-refractivity contribution in [2.24, 2.45) is 0 Å². The molecule has 124 valence electrons. The lowest BCUT2D eigenvalue weighted by Crippen LogP contribution is -2.50. The zero-order valence-electron chi connectivity index (χ0n) is 12.9. The summed E-state index contributed by atoms with van der Waals surface area (Å²) in [6.07, 6.45) is 0. The zero-order chi connectivity index (χ0) is 17.1. The van der Waals surface area contributed by atoms with Crippen molar-refractivity contribution < 1.29 is 14.0 Å². The number of hydrogen-bond acceptors (Lipinski definition) is 2. The number of benzene rings is 2. The molecule has 0 atom stereocenters. The first-order valence-corrected chi connectivity index (χ1v) is 8.73. The van der Waals surface area contributed by atoms with Gasteiger partial charge in [-0.2, -0.15) is 0 Å². The van der Waals surface area contributed by atoms with Crippen molar-refractivity contribution in [3.05, 3.63) is 69.0 Å². The molecule has 3 rings (SSSR count). The Hall–Kier alpha value is -1.96. The normalized spacial score (nSPS) is 14.6. The molecule has 24 heavy (non-hydrogen) atoms. The lowest BCUT2D eigenvalue weighted by Gasteiger charge is -2.35. The Bertz CT molecular complexity index is 773. The van der Waals surface area contributed by atoms with Gasteiger partial charge < -0.3 is 9.80 Å². The molecule has 0 unspecified atom stereocenters.